The van der Waals surface area contributed by atoms with E-state index in [1.54, 1.807) is 7.11 Å². The number of methoxy groups -OCH3 is 1. The van der Waals surface area contributed by atoms with Crippen molar-refractivity contribution >= 4 is 11.6 Å². The van der Waals surface area contributed by atoms with Crippen molar-refractivity contribution in [3.05, 3.63) is 100 Å². The highest BCUT2D eigenvalue weighted by atomic mass is 35.5. The average Bonchev–Trinajstić information content (AvgIpc) is 2.83. The highest BCUT2D eigenvalue weighted by Crippen LogP contribution is 2.44. The molecule has 0 saturated carbocycles. The Kier molecular flexibility index (Phi) is 7.17. The minimum Gasteiger partial charge on any atom is -0.497 e. The summed E-state index contributed by atoms with van der Waals surface area (Å²) in [5.41, 5.74) is 2.61. The number of ether oxygens (including phenoxy) is 2. The smallest absolute Gasteiger partial charge is 0.123 e. The van der Waals surface area contributed by atoms with Gasteiger partial charge < -0.3 is 14.6 Å². The van der Waals surface area contributed by atoms with Crippen LogP contribution in [0.2, 0.25) is 5.02 Å². The Morgan fingerprint density at radius 1 is 1.00 bits per heavy atom. The zero-order chi connectivity index (χ0) is 22.6. The van der Waals surface area contributed by atoms with Gasteiger partial charge in [-0.15, -0.1) is 0 Å². The van der Waals surface area contributed by atoms with Crippen molar-refractivity contribution in [3.8, 4) is 5.75 Å². The van der Waals surface area contributed by atoms with Crippen molar-refractivity contribution in [3.63, 3.8) is 0 Å². The van der Waals surface area contributed by atoms with Crippen LogP contribution in [-0.2, 0) is 10.3 Å². The van der Waals surface area contributed by atoms with E-state index < -0.39 is 5.60 Å². The normalized spacial score (nSPS) is 17.5. The van der Waals surface area contributed by atoms with E-state index in [4.69, 9.17) is 21.1 Å². The van der Waals surface area contributed by atoms with E-state index in [1.165, 1.54) is 0 Å². The van der Waals surface area contributed by atoms with Crippen molar-refractivity contribution in [2.45, 2.75) is 18.4 Å². The van der Waals surface area contributed by atoms with Gasteiger partial charge in [-0.05, 0) is 47.9 Å². The second-order valence-corrected chi connectivity index (χ2v) is 8.82. The molecule has 168 valence electrons. The molecule has 0 radical (unpaired) electrons. The van der Waals surface area contributed by atoms with Crippen LogP contribution in [0.1, 0.15) is 28.2 Å². The lowest BCUT2D eigenvalue weighted by Crippen LogP contribution is -2.45. The minimum absolute atomic E-state index is 0.215. The van der Waals surface area contributed by atoms with E-state index in [0.717, 1.165) is 41.1 Å². The fourth-order valence-electron chi connectivity index (χ4n) is 4.51. The van der Waals surface area contributed by atoms with E-state index in [9.17, 15) is 5.11 Å². The van der Waals surface area contributed by atoms with Crippen LogP contribution in [0.3, 0.4) is 0 Å². The van der Waals surface area contributed by atoms with E-state index in [1.807, 2.05) is 60.7 Å². The molecule has 1 N–H and O–H groups in total. The monoisotopic (exact) mass is 451 g/mol. The van der Waals surface area contributed by atoms with Crippen LogP contribution in [0, 0.1) is 6.92 Å². The molecule has 0 aromatic heterocycles. The SMILES string of the molecule is COc1ccc([C@](O)(c2cccc(C)c2)[C@@H](CN2CCOCC2)c2ccc(Cl)cc2)cc1. The second-order valence-electron chi connectivity index (χ2n) is 8.38. The third-order valence-electron chi connectivity index (χ3n) is 6.31. The van der Waals surface area contributed by atoms with Crippen molar-refractivity contribution < 1.29 is 14.6 Å². The Labute approximate surface area is 195 Å². The lowest BCUT2D eigenvalue weighted by atomic mass is 9.72. The van der Waals surface area contributed by atoms with E-state index in [-0.39, 0.29) is 5.92 Å². The first kappa shape index (κ1) is 22.8. The summed E-state index contributed by atoms with van der Waals surface area (Å²) in [6, 6.07) is 23.7. The molecule has 4 rings (SSSR count). The number of aryl methyl sites for hydroxylation is 1. The predicted molar refractivity (Wildman–Crippen MR) is 129 cm³/mol. The van der Waals surface area contributed by atoms with Gasteiger partial charge in [0.25, 0.3) is 0 Å². The Hall–Kier alpha value is -2.37. The Bertz CT molecular complexity index is 1020. The summed E-state index contributed by atoms with van der Waals surface area (Å²) < 4.78 is 10.9. The molecule has 32 heavy (non-hydrogen) atoms. The van der Waals surface area contributed by atoms with E-state index >= 15 is 0 Å². The third-order valence-corrected chi connectivity index (χ3v) is 6.56. The van der Waals surface area contributed by atoms with Crippen molar-refractivity contribution in [2.75, 3.05) is 40.0 Å². The fraction of sp³-hybridized carbons (Fsp3) is 0.333. The molecule has 2 atom stereocenters. The first-order valence-corrected chi connectivity index (χ1v) is 11.4. The number of hydrogen-bond donors (Lipinski definition) is 1. The number of halogens is 1. The molecular weight excluding hydrogens is 422 g/mol. The van der Waals surface area contributed by atoms with Gasteiger partial charge in [0, 0.05) is 30.6 Å². The van der Waals surface area contributed by atoms with Crippen molar-refractivity contribution in [1.82, 2.24) is 4.90 Å². The molecule has 0 amide bonds. The Morgan fingerprint density at radius 2 is 1.69 bits per heavy atom. The van der Waals surface area contributed by atoms with Crippen LogP contribution in [0.15, 0.2) is 72.8 Å². The molecule has 0 unspecified atom stereocenters. The molecule has 3 aromatic rings. The minimum atomic E-state index is -1.25. The molecule has 1 saturated heterocycles. The zero-order valence-electron chi connectivity index (χ0n) is 18.6. The van der Waals surface area contributed by atoms with Gasteiger partial charge in [0.2, 0.25) is 0 Å². The summed E-state index contributed by atoms with van der Waals surface area (Å²) in [5.74, 6) is 0.546. The molecule has 0 bridgehead atoms. The number of aliphatic hydroxyl groups is 1. The number of rotatable bonds is 7. The topological polar surface area (TPSA) is 41.9 Å². The van der Waals surface area contributed by atoms with Gasteiger partial charge in [0.15, 0.2) is 0 Å². The summed E-state index contributed by atoms with van der Waals surface area (Å²) in [6.45, 7) is 5.85. The highest BCUT2D eigenvalue weighted by Gasteiger charge is 2.42. The second kappa shape index (κ2) is 10.1. The summed E-state index contributed by atoms with van der Waals surface area (Å²) in [5, 5.41) is 13.3. The van der Waals surface area contributed by atoms with Gasteiger partial charge in [-0.3, -0.25) is 4.90 Å². The maximum atomic E-state index is 12.6. The molecule has 0 spiro atoms. The van der Waals surface area contributed by atoms with Crippen LogP contribution in [0.5, 0.6) is 5.75 Å². The predicted octanol–water partition coefficient (Wildman–Crippen LogP) is 5.01. The number of hydrogen-bond acceptors (Lipinski definition) is 4. The van der Waals surface area contributed by atoms with Gasteiger partial charge in [0.05, 0.1) is 20.3 Å². The van der Waals surface area contributed by atoms with Gasteiger partial charge in [0.1, 0.15) is 11.4 Å². The van der Waals surface area contributed by atoms with Gasteiger partial charge >= 0.3 is 0 Å². The molecule has 3 aromatic carbocycles. The summed E-state index contributed by atoms with van der Waals surface area (Å²) in [7, 11) is 1.65. The largest absolute Gasteiger partial charge is 0.497 e. The van der Waals surface area contributed by atoms with Crippen LogP contribution in [-0.4, -0.2) is 50.0 Å². The van der Waals surface area contributed by atoms with Crippen LogP contribution >= 0.6 is 11.6 Å². The maximum Gasteiger partial charge on any atom is 0.123 e. The first-order valence-electron chi connectivity index (χ1n) is 11.0. The van der Waals surface area contributed by atoms with E-state index in [0.29, 0.717) is 24.8 Å². The lowest BCUT2D eigenvalue weighted by molar-refractivity contribution is 0.000733. The quantitative estimate of drug-likeness (QED) is 0.548. The average molecular weight is 452 g/mol. The molecule has 5 heteroatoms. The van der Waals surface area contributed by atoms with Crippen LogP contribution < -0.4 is 4.74 Å². The Balaban J connectivity index is 1.87. The third kappa shape index (κ3) is 4.84. The lowest BCUT2D eigenvalue weighted by Gasteiger charge is -2.41. The number of nitrogens with zero attached hydrogens (tertiary/aromatic N) is 1. The standard InChI is InChI=1S/C27H30ClNO3/c1-20-4-3-5-23(18-20)27(30,22-8-12-25(31-2)13-9-22)26(19-29-14-16-32-17-15-29)21-6-10-24(28)11-7-21/h3-13,18,26,30H,14-17,19H2,1-2H3/t26-,27-/m0/s1. The Morgan fingerprint density at radius 3 is 2.31 bits per heavy atom. The van der Waals surface area contributed by atoms with Crippen molar-refractivity contribution in [1.29, 1.82) is 0 Å². The van der Waals surface area contributed by atoms with Gasteiger partial charge in [-0.2, -0.15) is 0 Å². The van der Waals surface area contributed by atoms with E-state index in [2.05, 4.69) is 24.0 Å². The molecule has 4 nitrogen and oxygen atoms in total. The summed E-state index contributed by atoms with van der Waals surface area (Å²) in [6.07, 6.45) is 0. The molecule has 1 aliphatic heterocycles. The molecule has 0 aliphatic carbocycles. The highest BCUT2D eigenvalue weighted by molar-refractivity contribution is 6.30. The summed E-state index contributed by atoms with van der Waals surface area (Å²) in [4.78, 5) is 2.37. The number of morpholine rings is 1. The van der Waals surface area contributed by atoms with Crippen LogP contribution in [0.25, 0.3) is 0 Å². The van der Waals surface area contributed by atoms with Gasteiger partial charge in [-0.1, -0.05) is 65.7 Å². The first-order chi connectivity index (χ1) is 15.5. The number of benzene rings is 3. The van der Waals surface area contributed by atoms with Gasteiger partial charge in [-0.25, -0.2) is 0 Å². The molecule has 1 heterocycles. The zero-order valence-corrected chi connectivity index (χ0v) is 19.4. The summed E-state index contributed by atoms with van der Waals surface area (Å²) >= 11 is 6.21. The molecule has 1 aliphatic rings. The van der Waals surface area contributed by atoms with Crippen LogP contribution in [0.4, 0.5) is 0 Å². The molecule has 1 fully saturated rings. The fourth-order valence-corrected chi connectivity index (χ4v) is 4.64. The van der Waals surface area contributed by atoms with Crippen molar-refractivity contribution in [2.24, 2.45) is 0 Å². The maximum absolute atomic E-state index is 12.6. The molecular formula is C27H30ClNO3.